The van der Waals surface area contributed by atoms with Crippen molar-refractivity contribution < 1.29 is 18.7 Å². The van der Waals surface area contributed by atoms with E-state index in [-0.39, 0.29) is 42.5 Å². The number of para-hydroxylation sites is 2. The van der Waals surface area contributed by atoms with E-state index in [0.717, 1.165) is 5.75 Å². The van der Waals surface area contributed by atoms with E-state index in [0.29, 0.717) is 30.5 Å². The summed E-state index contributed by atoms with van der Waals surface area (Å²) in [5.41, 5.74) is 0.399. The van der Waals surface area contributed by atoms with Crippen molar-refractivity contribution in [2.45, 2.75) is 6.10 Å². The number of fused-ring (bicyclic) bond motifs is 1. The maximum absolute atomic E-state index is 13.1. The van der Waals surface area contributed by atoms with E-state index in [9.17, 15) is 9.18 Å². The second-order valence-corrected chi connectivity index (χ2v) is 5.86. The van der Waals surface area contributed by atoms with Gasteiger partial charge in [-0.1, -0.05) is 18.2 Å². The molecule has 0 radical (unpaired) electrons. The van der Waals surface area contributed by atoms with Gasteiger partial charge in [-0.15, -0.1) is 24.0 Å². The monoisotopic (exact) mass is 500 g/mol. The standard InChI is InChI=1S/C19H21FN4O3.HI/c1-21-19(23-11-18(25)24-14-6-4-5-13(20)9-14)22-10-15-12-26-16-7-2-3-8-17(16)27-15;/h2-9,15H,10-12H2,1H3,(H,24,25)(H2,21,22,23);1H. The molecule has 2 aromatic rings. The highest BCUT2D eigenvalue weighted by Gasteiger charge is 2.20. The lowest BCUT2D eigenvalue weighted by Gasteiger charge is -2.27. The number of amides is 1. The zero-order valence-electron chi connectivity index (χ0n) is 15.3. The SMILES string of the molecule is CN=C(NCC(=O)Nc1cccc(F)c1)NCC1COc2ccccc2O1.I. The summed E-state index contributed by atoms with van der Waals surface area (Å²) in [4.78, 5) is 16.0. The number of nitrogens with zero attached hydrogens (tertiary/aromatic N) is 1. The molecule has 1 amide bonds. The predicted octanol–water partition coefficient (Wildman–Crippen LogP) is 2.39. The second-order valence-electron chi connectivity index (χ2n) is 5.86. The number of hydrogen-bond acceptors (Lipinski definition) is 4. The van der Waals surface area contributed by atoms with Gasteiger partial charge in [-0.05, 0) is 30.3 Å². The summed E-state index contributed by atoms with van der Waals surface area (Å²) < 4.78 is 24.7. The number of carbonyl (C=O) groups is 1. The summed E-state index contributed by atoms with van der Waals surface area (Å²) in [7, 11) is 1.60. The minimum absolute atomic E-state index is 0. The first-order valence-corrected chi connectivity index (χ1v) is 8.52. The first-order valence-electron chi connectivity index (χ1n) is 8.52. The molecule has 3 rings (SSSR count). The number of aliphatic imine (C=N–C) groups is 1. The Morgan fingerprint density at radius 1 is 1.18 bits per heavy atom. The van der Waals surface area contributed by atoms with Crippen LogP contribution in [0.1, 0.15) is 0 Å². The van der Waals surface area contributed by atoms with Gasteiger partial charge in [0.25, 0.3) is 0 Å². The number of nitrogens with one attached hydrogen (secondary N) is 3. The topological polar surface area (TPSA) is 84.0 Å². The van der Waals surface area contributed by atoms with Gasteiger partial charge in [-0.3, -0.25) is 9.79 Å². The summed E-state index contributed by atoms with van der Waals surface area (Å²) in [5, 5.41) is 8.60. The van der Waals surface area contributed by atoms with Gasteiger partial charge in [-0.25, -0.2) is 4.39 Å². The summed E-state index contributed by atoms with van der Waals surface area (Å²) in [6, 6.07) is 13.2. The molecule has 7 nitrogen and oxygen atoms in total. The number of halogens is 2. The van der Waals surface area contributed by atoms with Crippen molar-refractivity contribution in [3.05, 3.63) is 54.3 Å². The van der Waals surface area contributed by atoms with Crippen LogP contribution in [0.2, 0.25) is 0 Å². The minimum Gasteiger partial charge on any atom is -0.486 e. The van der Waals surface area contributed by atoms with Gasteiger partial charge < -0.3 is 25.4 Å². The van der Waals surface area contributed by atoms with Crippen LogP contribution < -0.4 is 25.4 Å². The Labute approximate surface area is 179 Å². The van der Waals surface area contributed by atoms with Gasteiger partial charge in [0, 0.05) is 12.7 Å². The Kier molecular flexibility index (Phi) is 8.30. The Bertz CT molecular complexity index is 834. The third-order valence-corrected chi connectivity index (χ3v) is 3.81. The van der Waals surface area contributed by atoms with Crippen molar-refractivity contribution >= 4 is 41.5 Å². The van der Waals surface area contributed by atoms with Crippen LogP contribution in [-0.4, -0.2) is 44.7 Å². The van der Waals surface area contributed by atoms with Crippen LogP contribution in [0, 0.1) is 5.82 Å². The molecule has 3 N–H and O–H groups in total. The molecule has 1 aliphatic heterocycles. The van der Waals surface area contributed by atoms with E-state index >= 15 is 0 Å². The minimum atomic E-state index is -0.408. The highest BCUT2D eigenvalue weighted by molar-refractivity contribution is 14.0. The van der Waals surface area contributed by atoms with Crippen LogP contribution in [0.15, 0.2) is 53.5 Å². The van der Waals surface area contributed by atoms with Crippen LogP contribution in [0.4, 0.5) is 10.1 Å². The van der Waals surface area contributed by atoms with Gasteiger partial charge in [-0.2, -0.15) is 0 Å². The van der Waals surface area contributed by atoms with Gasteiger partial charge in [0.05, 0.1) is 13.1 Å². The van der Waals surface area contributed by atoms with E-state index in [1.165, 1.54) is 18.2 Å². The zero-order valence-corrected chi connectivity index (χ0v) is 17.6. The molecule has 0 aliphatic carbocycles. The Morgan fingerprint density at radius 3 is 2.71 bits per heavy atom. The fourth-order valence-corrected chi connectivity index (χ4v) is 2.53. The van der Waals surface area contributed by atoms with Crippen LogP contribution in [0.3, 0.4) is 0 Å². The molecule has 1 aliphatic rings. The molecule has 28 heavy (non-hydrogen) atoms. The summed E-state index contributed by atoms with van der Waals surface area (Å²) >= 11 is 0. The first-order chi connectivity index (χ1) is 13.1. The lowest BCUT2D eigenvalue weighted by Crippen LogP contribution is -2.47. The van der Waals surface area contributed by atoms with Gasteiger partial charge in [0.1, 0.15) is 18.5 Å². The summed E-state index contributed by atoms with van der Waals surface area (Å²) in [6.45, 7) is 0.863. The van der Waals surface area contributed by atoms with E-state index in [1.54, 1.807) is 13.1 Å². The molecule has 9 heteroatoms. The van der Waals surface area contributed by atoms with Crippen molar-refractivity contribution in [2.24, 2.45) is 4.99 Å². The fourth-order valence-electron chi connectivity index (χ4n) is 2.53. The molecule has 0 bridgehead atoms. The third-order valence-electron chi connectivity index (χ3n) is 3.81. The maximum Gasteiger partial charge on any atom is 0.243 e. The Balaban J connectivity index is 0.00000280. The quantitative estimate of drug-likeness (QED) is 0.334. The lowest BCUT2D eigenvalue weighted by molar-refractivity contribution is -0.115. The van der Waals surface area contributed by atoms with E-state index < -0.39 is 5.82 Å². The molecule has 1 atom stereocenters. The molecule has 1 heterocycles. The van der Waals surface area contributed by atoms with Crippen LogP contribution in [-0.2, 0) is 4.79 Å². The van der Waals surface area contributed by atoms with E-state index in [4.69, 9.17) is 9.47 Å². The highest BCUT2D eigenvalue weighted by Crippen LogP contribution is 2.30. The summed E-state index contributed by atoms with van der Waals surface area (Å²) in [6.07, 6.45) is -0.181. The molecule has 0 saturated carbocycles. The highest BCUT2D eigenvalue weighted by atomic mass is 127. The van der Waals surface area contributed by atoms with Gasteiger partial charge in [0.15, 0.2) is 17.5 Å². The van der Waals surface area contributed by atoms with Crippen LogP contribution in [0.25, 0.3) is 0 Å². The van der Waals surface area contributed by atoms with Crippen LogP contribution in [0.5, 0.6) is 11.5 Å². The molecule has 1 unspecified atom stereocenters. The number of carbonyl (C=O) groups excluding carboxylic acids is 1. The zero-order chi connectivity index (χ0) is 19.1. The predicted molar refractivity (Wildman–Crippen MR) is 116 cm³/mol. The number of guanidine groups is 1. The van der Waals surface area contributed by atoms with Crippen molar-refractivity contribution in [3.8, 4) is 11.5 Å². The maximum atomic E-state index is 13.1. The third kappa shape index (κ3) is 6.25. The lowest BCUT2D eigenvalue weighted by atomic mass is 10.2. The van der Waals surface area contributed by atoms with Crippen molar-refractivity contribution in [2.75, 3.05) is 32.1 Å². The van der Waals surface area contributed by atoms with Crippen molar-refractivity contribution in [3.63, 3.8) is 0 Å². The van der Waals surface area contributed by atoms with Gasteiger partial charge >= 0.3 is 0 Å². The number of hydrogen-bond donors (Lipinski definition) is 3. The Hall–Kier alpha value is -2.56. The molecular formula is C19H22FIN4O3. The number of ether oxygens (including phenoxy) is 2. The van der Waals surface area contributed by atoms with E-state index in [2.05, 4.69) is 20.9 Å². The average molecular weight is 500 g/mol. The fraction of sp³-hybridized carbons (Fsp3) is 0.263. The van der Waals surface area contributed by atoms with E-state index in [1.807, 2.05) is 24.3 Å². The molecule has 0 fully saturated rings. The smallest absolute Gasteiger partial charge is 0.243 e. The molecule has 0 saturated heterocycles. The number of anilines is 1. The van der Waals surface area contributed by atoms with Crippen molar-refractivity contribution in [1.29, 1.82) is 0 Å². The first kappa shape index (κ1) is 21.7. The Morgan fingerprint density at radius 2 is 1.96 bits per heavy atom. The largest absolute Gasteiger partial charge is 0.486 e. The molecule has 0 spiro atoms. The molecule has 0 aromatic heterocycles. The van der Waals surface area contributed by atoms with Gasteiger partial charge in [0.2, 0.25) is 5.91 Å². The molecular weight excluding hydrogens is 478 g/mol. The molecule has 2 aromatic carbocycles. The molecule has 150 valence electrons. The van der Waals surface area contributed by atoms with Crippen LogP contribution >= 0.6 is 24.0 Å². The number of benzene rings is 2. The van der Waals surface area contributed by atoms with Crippen molar-refractivity contribution in [1.82, 2.24) is 10.6 Å². The average Bonchev–Trinajstić information content (AvgIpc) is 2.68. The number of rotatable bonds is 5. The normalized spacial score (nSPS) is 15.2. The summed E-state index contributed by atoms with van der Waals surface area (Å²) in [5.74, 6) is 1.16. The second kappa shape index (κ2) is 10.7.